The van der Waals surface area contributed by atoms with E-state index in [1.807, 2.05) is 12.1 Å². The highest BCUT2D eigenvalue weighted by molar-refractivity contribution is 5.97. The van der Waals surface area contributed by atoms with Crippen LogP contribution in [0.2, 0.25) is 0 Å². The smallest absolute Gasteiger partial charge is 0.258 e. The SMILES string of the molecule is COc1ccccc1C(=O)N1Cc2cncnc2C1. The Morgan fingerprint density at radius 1 is 1.32 bits per heavy atom. The molecular formula is C14H13N3O2. The topological polar surface area (TPSA) is 55.3 Å². The molecule has 0 saturated carbocycles. The van der Waals surface area contributed by atoms with Crippen molar-refractivity contribution in [3.63, 3.8) is 0 Å². The van der Waals surface area contributed by atoms with Gasteiger partial charge in [-0.15, -0.1) is 0 Å². The van der Waals surface area contributed by atoms with Crippen LogP contribution in [0.25, 0.3) is 0 Å². The summed E-state index contributed by atoms with van der Waals surface area (Å²) in [6.45, 7) is 1.07. The Bertz CT molecular complexity index is 603. The first-order valence-electron chi connectivity index (χ1n) is 5.99. The lowest BCUT2D eigenvalue weighted by atomic mass is 10.2. The number of hydrogen-bond acceptors (Lipinski definition) is 4. The van der Waals surface area contributed by atoms with Gasteiger partial charge in [0, 0.05) is 18.3 Å². The Labute approximate surface area is 110 Å². The molecule has 0 fully saturated rings. The maximum atomic E-state index is 12.5. The first-order chi connectivity index (χ1) is 9.29. The Balaban J connectivity index is 1.87. The van der Waals surface area contributed by atoms with Crippen LogP contribution in [0.1, 0.15) is 21.6 Å². The number of para-hydroxylation sites is 1. The van der Waals surface area contributed by atoms with Crippen LogP contribution in [-0.4, -0.2) is 27.9 Å². The second-order valence-corrected chi connectivity index (χ2v) is 4.36. The van der Waals surface area contributed by atoms with E-state index in [0.717, 1.165) is 11.3 Å². The molecular weight excluding hydrogens is 242 g/mol. The number of rotatable bonds is 2. The van der Waals surface area contributed by atoms with Crippen molar-refractivity contribution in [1.29, 1.82) is 0 Å². The van der Waals surface area contributed by atoms with E-state index in [-0.39, 0.29) is 5.91 Å². The average molecular weight is 255 g/mol. The normalized spacial score (nSPS) is 13.2. The molecule has 0 radical (unpaired) electrons. The van der Waals surface area contributed by atoms with Crippen LogP contribution in [0.3, 0.4) is 0 Å². The fourth-order valence-electron chi connectivity index (χ4n) is 2.24. The molecule has 1 aromatic carbocycles. The molecule has 0 atom stereocenters. The maximum Gasteiger partial charge on any atom is 0.258 e. The van der Waals surface area contributed by atoms with Crippen molar-refractivity contribution in [3.05, 3.63) is 53.6 Å². The lowest BCUT2D eigenvalue weighted by Crippen LogP contribution is -2.25. The quantitative estimate of drug-likeness (QED) is 0.818. The van der Waals surface area contributed by atoms with E-state index in [2.05, 4.69) is 9.97 Å². The molecule has 0 aliphatic carbocycles. The highest BCUT2D eigenvalue weighted by Crippen LogP contribution is 2.25. The predicted molar refractivity (Wildman–Crippen MR) is 68.6 cm³/mol. The Morgan fingerprint density at radius 2 is 2.16 bits per heavy atom. The first-order valence-corrected chi connectivity index (χ1v) is 5.99. The zero-order chi connectivity index (χ0) is 13.2. The number of ether oxygens (including phenoxy) is 1. The molecule has 0 N–H and O–H groups in total. The number of benzene rings is 1. The molecule has 3 rings (SSSR count). The predicted octanol–water partition coefficient (Wildman–Crippen LogP) is 1.64. The number of amides is 1. The van der Waals surface area contributed by atoms with Crippen molar-refractivity contribution in [2.24, 2.45) is 0 Å². The summed E-state index contributed by atoms with van der Waals surface area (Å²) in [7, 11) is 1.57. The van der Waals surface area contributed by atoms with Crippen molar-refractivity contribution >= 4 is 5.91 Å². The van der Waals surface area contributed by atoms with Gasteiger partial charge in [0.05, 0.1) is 24.9 Å². The second kappa shape index (κ2) is 4.68. The van der Waals surface area contributed by atoms with Crippen LogP contribution in [0.5, 0.6) is 5.75 Å². The van der Waals surface area contributed by atoms with E-state index in [1.165, 1.54) is 6.33 Å². The number of carbonyl (C=O) groups is 1. The number of methoxy groups -OCH3 is 1. The van der Waals surface area contributed by atoms with E-state index in [1.54, 1.807) is 30.3 Å². The van der Waals surface area contributed by atoms with Crippen molar-refractivity contribution in [2.45, 2.75) is 13.1 Å². The monoisotopic (exact) mass is 255 g/mol. The zero-order valence-corrected chi connectivity index (χ0v) is 10.5. The van der Waals surface area contributed by atoms with Crippen molar-refractivity contribution in [2.75, 3.05) is 7.11 Å². The number of carbonyl (C=O) groups excluding carboxylic acids is 1. The van der Waals surface area contributed by atoms with E-state index in [0.29, 0.717) is 24.4 Å². The number of aromatic nitrogens is 2. The van der Waals surface area contributed by atoms with E-state index < -0.39 is 0 Å². The van der Waals surface area contributed by atoms with E-state index >= 15 is 0 Å². The van der Waals surface area contributed by atoms with Crippen LogP contribution in [0, 0.1) is 0 Å². The van der Waals surface area contributed by atoms with Crippen molar-refractivity contribution in [3.8, 4) is 5.75 Å². The van der Waals surface area contributed by atoms with Gasteiger partial charge in [0.1, 0.15) is 12.1 Å². The van der Waals surface area contributed by atoms with Gasteiger partial charge in [-0.1, -0.05) is 12.1 Å². The second-order valence-electron chi connectivity index (χ2n) is 4.36. The lowest BCUT2D eigenvalue weighted by Gasteiger charge is -2.16. The summed E-state index contributed by atoms with van der Waals surface area (Å²) in [5, 5.41) is 0. The minimum Gasteiger partial charge on any atom is -0.496 e. The van der Waals surface area contributed by atoms with Gasteiger partial charge in [-0.25, -0.2) is 9.97 Å². The summed E-state index contributed by atoms with van der Waals surface area (Å²) < 4.78 is 5.23. The van der Waals surface area contributed by atoms with Gasteiger partial charge in [0.2, 0.25) is 0 Å². The Hall–Kier alpha value is -2.43. The summed E-state index contributed by atoms with van der Waals surface area (Å²) in [6, 6.07) is 7.24. The summed E-state index contributed by atoms with van der Waals surface area (Å²) in [5.41, 5.74) is 2.50. The molecule has 1 aromatic heterocycles. The molecule has 1 aliphatic rings. The molecule has 96 valence electrons. The largest absolute Gasteiger partial charge is 0.496 e. The van der Waals surface area contributed by atoms with Gasteiger partial charge in [0.25, 0.3) is 5.91 Å². The third-order valence-corrected chi connectivity index (χ3v) is 3.21. The minimum atomic E-state index is -0.0459. The molecule has 0 spiro atoms. The number of hydrogen-bond donors (Lipinski definition) is 0. The molecule has 1 amide bonds. The third kappa shape index (κ3) is 2.03. The Kier molecular flexibility index (Phi) is 2.87. The minimum absolute atomic E-state index is 0.0459. The van der Waals surface area contributed by atoms with Crippen LogP contribution in [-0.2, 0) is 13.1 Å². The van der Waals surface area contributed by atoms with E-state index in [9.17, 15) is 4.79 Å². The van der Waals surface area contributed by atoms with Gasteiger partial charge in [-0.3, -0.25) is 4.79 Å². The fourth-order valence-corrected chi connectivity index (χ4v) is 2.24. The van der Waals surface area contributed by atoms with Gasteiger partial charge in [-0.2, -0.15) is 0 Å². The molecule has 5 heteroatoms. The molecule has 5 nitrogen and oxygen atoms in total. The summed E-state index contributed by atoms with van der Waals surface area (Å²) in [4.78, 5) is 22.4. The molecule has 19 heavy (non-hydrogen) atoms. The molecule has 0 bridgehead atoms. The first kappa shape index (κ1) is 11.6. The van der Waals surface area contributed by atoms with E-state index in [4.69, 9.17) is 4.74 Å². The summed E-state index contributed by atoms with van der Waals surface area (Å²) >= 11 is 0. The highest BCUT2D eigenvalue weighted by Gasteiger charge is 2.26. The van der Waals surface area contributed by atoms with Gasteiger partial charge < -0.3 is 9.64 Å². The van der Waals surface area contributed by atoms with Crippen molar-refractivity contribution in [1.82, 2.24) is 14.9 Å². The van der Waals surface area contributed by atoms with Crippen molar-refractivity contribution < 1.29 is 9.53 Å². The number of nitrogens with zero attached hydrogens (tertiary/aromatic N) is 3. The number of fused-ring (bicyclic) bond motifs is 1. The Morgan fingerprint density at radius 3 is 2.95 bits per heavy atom. The van der Waals surface area contributed by atoms with Crippen LogP contribution in [0.15, 0.2) is 36.8 Å². The molecule has 0 unspecified atom stereocenters. The molecule has 2 heterocycles. The van der Waals surface area contributed by atoms with Crippen LogP contribution >= 0.6 is 0 Å². The highest BCUT2D eigenvalue weighted by atomic mass is 16.5. The van der Waals surface area contributed by atoms with Gasteiger partial charge in [-0.05, 0) is 12.1 Å². The average Bonchev–Trinajstić information content (AvgIpc) is 2.90. The van der Waals surface area contributed by atoms with Crippen LogP contribution in [0.4, 0.5) is 0 Å². The zero-order valence-electron chi connectivity index (χ0n) is 10.5. The summed E-state index contributed by atoms with van der Waals surface area (Å²) in [6.07, 6.45) is 3.27. The molecule has 1 aliphatic heterocycles. The maximum absolute atomic E-state index is 12.5. The molecule has 0 saturated heterocycles. The third-order valence-electron chi connectivity index (χ3n) is 3.21. The standard InChI is InChI=1S/C14H13N3O2/c1-19-13-5-3-2-4-11(13)14(18)17-7-10-6-15-9-16-12(10)8-17/h2-6,9H,7-8H2,1H3. The van der Waals surface area contributed by atoms with Gasteiger partial charge in [0.15, 0.2) is 0 Å². The summed E-state index contributed by atoms with van der Waals surface area (Å²) in [5.74, 6) is 0.546. The van der Waals surface area contributed by atoms with Crippen LogP contribution < -0.4 is 4.74 Å². The van der Waals surface area contributed by atoms with Gasteiger partial charge >= 0.3 is 0 Å². The molecule has 2 aromatic rings. The lowest BCUT2D eigenvalue weighted by molar-refractivity contribution is 0.0747. The fraction of sp³-hybridized carbons (Fsp3) is 0.214.